The van der Waals surface area contributed by atoms with E-state index in [0.717, 1.165) is 5.76 Å². The Kier molecular flexibility index (Phi) is 3.29. The van der Waals surface area contributed by atoms with Gasteiger partial charge in [0.25, 0.3) is 0 Å². The fourth-order valence-corrected chi connectivity index (χ4v) is 2.04. The number of aromatic nitrogens is 2. The van der Waals surface area contributed by atoms with Crippen molar-refractivity contribution in [3.8, 4) is 0 Å². The number of halogens is 3. The van der Waals surface area contributed by atoms with Crippen LogP contribution in [-0.4, -0.2) is 10.2 Å². The minimum absolute atomic E-state index is 0.115. The molecule has 0 bridgehead atoms. The van der Waals surface area contributed by atoms with Crippen molar-refractivity contribution in [3.05, 3.63) is 28.7 Å². The Balaban J connectivity index is 2.08. The fourth-order valence-electron chi connectivity index (χ4n) is 1.34. The van der Waals surface area contributed by atoms with Gasteiger partial charge in [-0.2, -0.15) is 13.2 Å². The quantitative estimate of drug-likeness (QED) is 0.930. The maximum atomic E-state index is 12.3. The second-order valence-corrected chi connectivity index (χ2v) is 4.70. The van der Waals surface area contributed by atoms with Gasteiger partial charge in [-0.25, -0.2) is 0 Å². The third-order valence-corrected chi connectivity index (χ3v) is 3.09. The molecule has 1 atom stereocenters. The van der Waals surface area contributed by atoms with Crippen molar-refractivity contribution in [2.24, 2.45) is 0 Å². The molecule has 2 aromatic heterocycles. The summed E-state index contributed by atoms with van der Waals surface area (Å²) >= 11 is 0.470. The summed E-state index contributed by atoms with van der Waals surface area (Å²) in [5.41, 5.74) is 0. The SMILES string of the molecule is Cc1ccc(C(C)Nc2nnc(C(F)(F)F)s2)o1. The van der Waals surface area contributed by atoms with Crippen molar-refractivity contribution >= 4 is 16.5 Å². The van der Waals surface area contributed by atoms with Gasteiger partial charge in [-0.1, -0.05) is 11.3 Å². The van der Waals surface area contributed by atoms with Crippen LogP contribution in [0.4, 0.5) is 18.3 Å². The van der Waals surface area contributed by atoms with E-state index in [2.05, 4.69) is 15.5 Å². The zero-order valence-electron chi connectivity index (χ0n) is 9.58. The Hall–Kier alpha value is -1.57. The topological polar surface area (TPSA) is 51.0 Å². The summed E-state index contributed by atoms with van der Waals surface area (Å²) in [6.07, 6.45) is -4.46. The summed E-state index contributed by atoms with van der Waals surface area (Å²) in [6.45, 7) is 3.57. The Bertz CT molecular complexity index is 534. The van der Waals surface area contributed by atoms with Crippen molar-refractivity contribution in [1.82, 2.24) is 10.2 Å². The maximum Gasteiger partial charge on any atom is 0.445 e. The zero-order chi connectivity index (χ0) is 13.3. The van der Waals surface area contributed by atoms with Crippen molar-refractivity contribution < 1.29 is 17.6 Å². The third kappa shape index (κ3) is 2.81. The Morgan fingerprint density at radius 3 is 2.56 bits per heavy atom. The van der Waals surface area contributed by atoms with Crippen molar-refractivity contribution in [2.75, 3.05) is 5.32 Å². The maximum absolute atomic E-state index is 12.3. The molecule has 0 aliphatic carbocycles. The van der Waals surface area contributed by atoms with E-state index < -0.39 is 11.2 Å². The molecule has 4 nitrogen and oxygen atoms in total. The summed E-state index contributed by atoms with van der Waals surface area (Å²) in [4.78, 5) is 0. The molecule has 0 amide bonds. The molecule has 98 valence electrons. The lowest BCUT2D eigenvalue weighted by molar-refractivity contribution is -0.138. The highest BCUT2D eigenvalue weighted by Gasteiger charge is 2.35. The summed E-state index contributed by atoms with van der Waals surface area (Å²) < 4.78 is 42.3. The predicted octanol–water partition coefficient (Wildman–Crippen LogP) is 3.63. The zero-order valence-corrected chi connectivity index (χ0v) is 10.4. The number of aryl methyl sites for hydroxylation is 1. The van der Waals surface area contributed by atoms with E-state index in [1.807, 2.05) is 0 Å². The second-order valence-electron chi connectivity index (χ2n) is 3.72. The van der Waals surface area contributed by atoms with Crippen LogP contribution in [0.2, 0.25) is 0 Å². The van der Waals surface area contributed by atoms with E-state index in [0.29, 0.717) is 17.1 Å². The van der Waals surface area contributed by atoms with Crippen molar-refractivity contribution in [1.29, 1.82) is 0 Å². The Morgan fingerprint density at radius 2 is 2.06 bits per heavy atom. The number of hydrogen-bond acceptors (Lipinski definition) is 5. The van der Waals surface area contributed by atoms with E-state index in [9.17, 15) is 13.2 Å². The average molecular weight is 277 g/mol. The first-order valence-electron chi connectivity index (χ1n) is 5.10. The minimum Gasteiger partial charge on any atom is -0.464 e. The molecule has 2 heterocycles. The molecule has 0 saturated heterocycles. The van der Waals surface area contributed by atoms with Crippen LogP contribution in [0.5, 0.6) is 0 Å². The van der Waals surface area contributed by atoms with E-state index in [1.165, 1.54) is 0 Å². The molecular formula is C10H10F3N3OS. The molecule has 1 N–H and O–H groups in total. The Labute approximate surface area is 105 Å². The van der Waals surface area contributed by atoms with Crippen LogP contribution in [0.15, 0.2) is 16.5 Å². The van der Waals surface area contributed by atoms with Crippen molar-refractivity contribution in [2.45, 2.75) is 26.1 Å². The lowest BCUT2D eigenvalue weighted by atomic mass is 10.2. The van der Waals surface area contributed by atoms with Crippen LogP contribution in [0, 0.1) is 6.92 Å². The van der Waals surface area contributed by atoms with Gasteiger partial charge in [-0.3, -0.25) is 0 Å². The largest absolute Gasteiger partial charge is 0.464 e. The van der Waals surface area contributed by atoms with E-state index in [-0.39, 0.29) is 11.2 Å². The molecule has 2 rings (SSSR count). The highest BCUT2D eigenvalue weighted by Crippen LogP contribution is 2.34. The molecule has 18 heavy (non-hydrogen) atoms. The number of anilines is 1. The van der Waals surface area contributed by atoms with Crippen LogP contribution < -0.4 is 5.32 Å². The predicted molar refractivity (Wildman–Crippen MR) is 60.4 cm³/mol. The lowest BCUT2D eigenvalue weighted by Gasteiger charge is -2.08. The van der Waals surface area contributed by atoms with Crippen LogP contribution >= 0.6 is 11.3 Å². The second kappa shape index (κ2) is 4.60. The van der Waals surface area contributed by atoms with Crippen molar-refractivity contribution in [3.63, 3.8) is 0 Å². The number of furan rings is 1. The van der Waals surface area contributed by atoms with Gasteiger partial charge in [-0.15, -0.1) is 10.2 Å². The average Bonchev–Trinajstić information content (AvgIpc) is 2.85. The number of hydrogen-bond donors (Lipinski definition) is 1. The number of alkyl halides is 3. The summed E-state index contributed by atoms with van der Waals surface area (Å²) in [5, 5.41) is 8.51. The van der Waals surface area contributed by atoms with Gasteiger partial charge in [0.15, 0.2) is 0 Å². The van der Waals surface area contributed by atoms with E-state index in [4.69, 9.17) is 4.42 Å². The number of nitrogens with one attached hydrogen (secondary N) is 1. The third-order valence-electron chi connectivity index (χ3n) is 2.20. The first kappa shape index (κ1) is 12.9. The highest BCUT2D eigenvalue weighted by atomic mass is 32.1. The molecule has 2 aromatic rings. The summed E-state index contributed by atoms with van der Waals surface area (Å²) in [6, 6.07) is 3.28. The van der Waals surface area contributed by atoms with Gasteiger partial charge in [0.1, 0.15) is 11.5 Å². The Morgan fingerprint density at radius 1 is 1.33 bits per heavy atom. The lowest BCUT2D eigenvalue weighted by Crippen LogP contribution is -2.05. The summed E-state index contributed by atoms with van der Waals surface area (Å²) in [7, 11) is 0. The van der Waals surface area contributed by atoms with Gasteiger partial charge >= 0.3 is 6.18 Å². The monoisotopic (exact) mass is 277 g/mol. The minimum atomic E-state index is -4.46. The van der Waals surface area contributed by atoms with E-state index in [1.54, 1.807) is 26.0 Å². The smallest absolute Gasteiger partial charge is 0.445 e. The van der Waals surface area contributed by atoms with Crippen LogP contribution in [0.1, 0.15) is 29.5 Å². The normalized spacial score (nSPS) is 13.6. The van der Waals surface area contributed by atoms with Crippen LogP contribution in [-0.2, 0) is 6.18 Å². The number of nitrogens with zero attached hydrogens (tertiary/aromatic N) is 2. The molecule has 0 spiro atoms. The first-order chi connectivity index (χ1) is 8.36. The van der Waals surface area contributed by atoms with Gasteiger partial charge < -0.3 is 9.73 Å². The molecule has 0 aliphatic rings. The molecule has 0 aromatic carbocycles. The van der Waals surface area contributed by atoms with Gasteiger partial charge in [0.05, 0.1) is 6.04 Å². The molecule has 0 saturated carbocycles. The van der Waals surface area contributed by atoms with Crippen LogP contribution in [0.3, 0.4) is 0 Å². The molecule has 8 heteroatoms. The molecule has 0 radical (unpaired) electrons. The first-order valence-corrected chi connectivity index (χ1v) is 5.91. The molecular weight excluding hydrogens is 267 g/mol. The summed E-state index contributed by atoms with van der Waals surface area (Å²) in [5.74, 6) is 1.38. The standard InChI is InChI=1S/C10H10F3N3OS/c1-5-3-4-7(17-5)6(2)14-9-16-15-8(18-9)10(11,12)13/h3-4,6H,1-2H3,(H,14,16). The number of rotatable bonds is 3. The molecule has 0 fully saturated rings. The van der Waals surface area contributed by atoms with Gasteiger partial charge in [0, 0.05) is 0 Å². The fraction of sp³-hybridized carbons (Fsp3) is 0.400. The van der Waals surface area contributed by atoms with E-state index >= 15 is 0 Å². The molecule has 1 unspecified atom stereocenters. The van der Waals surface area contributed by atoms with Gasteiger partial charge in [-0.05, 0) is 26.0 Å². The molecule has 0 aliphatic heterocycles. The van der Waals surface area contributed by atoms with Crippen LogP contribution in [0.25, 0.3) is 0 Å². The van der Waals surface area contributed by atoms with Gasteiger partial charge in [0.2, 0.25) is 10.1 Å². The highest BCUT2D eigenvalue weighted by molar-refractivity contribution is 7.15.